The van der Waals surface area contributed by atoms with Gasteiger partial charge in [-0.05, 0) is 30.9 Å². The molecule has 4 heteroatoms. The Hall–Kier alpha value is -1.97. The Labute approximate surface area is 124 Å². The molecule has 1 aliphatic heterocycles. The number of fused-ring (bicyclic) bond motifs is 1. The molecule has 0 amide bonds. The van der Waals surface area contributed by atoms with E-state index in [0.29, 0.717) is 22.8 Å². The van der Waals surface area contributed by atoms with Gasteiger partial charge in [0.05, 0.1) is 14.2 Å². The maximum Gasteiger partial charge on any atom is 0.203 e. The van der Waals surface area contributed by atoms with E-state index in [4.69, 9.17) is 14.2 Å². The van der Waals surface area contributed by atoms with Crippen molar-refractivity contribution in [3.63, 3.8) is 0 Å². The third kappa shape index (κ3) is 2.75. The largest absolute Gasteiger partial charge is 0.493 e. The first-order chi connectivity index (χ1) is 10.3. The fraction of sp³-hybridized carbons (Fsp3) is 0.471. The van der Waals surface area contributed by atoms with Gasteiger partial charge in [0.2, 0.25) is 5.75 Å². The summed E-state index contributed by atoms with van der Waals surface area (Å²) in [4.78, 5) is 11.3. The van der Waals surface area contributed by atoms with Crippen LogP contribution in [0.3, 0.4) is 0 Å². The Morgan fingerprint density at radius 1 is 1.29 bits per heavy atom. The number of carbonyl (C=O) groups excluding carboxylic acids is 1. The van der Waals surface area contributed by atoms with E-state index in [1.165, 1.54) is 19.3 Å². The van der Waals surface area contributed by atoms with Gasteiger partial charge in [-0.15, -0.1) is 0 Å². The van der Waals surface area contributed by atoms with Crippen LogP contribution in [-0.2, 0) is 0 Å². The lowest BCUT2D eigenvalue weighted by Crippen LogP contribution is -2.18. The van der Waals surface area contributed by atoms with E-state index in [9.17, 15) is 4.79 Å². The molecule has 0 bridgehead atoms. The molecule has 1 aliphatic carbocycles. The highest BCUT2D eigenvalue weighted by atomic mass is 16.5. The van der Waals surface area contributed by atoms with Crippen molar-refractivity contribution in [2.45, 2.75) is 31.8 Å². The molecule has 1 atom stereocenters. The number of benzene rings is 1. The van der Waals surface area contributed by atoms with Crippen LogP contribution in [0.4, 0.5) is 0 Å². The summed E-state index contributed by atoms with van der Waals surface area (Å²) in [5.74, 6) is 2.57. The first-order valence-corrected chi connectivity index (χ1v) is 7.35. The molecule has 0 radical (unpaired) electrons. The van der Waals surface area contributed by atoms with Crippen LogP contribution in [0.1, 0.15) is 41.6 Å². The van der Waals surface area contributed by atoms with Gasteiger partial charge in [0.15, 0.2) is 17.8 Å². The molecule has 0 aromatic heterocycles. The van der Waals surface area contributed by atoms with Crippen molar-refractivity contribution in [1.82, 2.24) is 0 Å². The summed E-state index contributed by atoms with van der Waals surface area (Å²) < 4.78 is 16.8. The number of aldehydes is 1. The fourth-order valence-electron chi connectivity index (χ4n) is 2.74. The summed E-state index contributed by atoms with van der Waals surface area (Å²) in [5.41, 5.74) is 1.32. The van der Waals surface area contributed by atoms with E-state index >= 15 is 0 Å². The van der Waals surface area contributed by atoms with Crippen LogP contribution in [0.15, 0.2) is 12.1 Å². The van der Waals surface area contributed by atoms with E-state index in [1.54, 1.807) is 20.3 Å². The highest BCUT2D eigenvalue weighted by molar-refractivity contribution is 5.87. The Bertz CT molecular complexity index is 573. The van der Waals surface area contributed by atoms with Crippen molar-refractivity contribution in [2.24, 2.45) is 5.92 Å². The molecule has 1 unspecified atom stereocenters. The lowest BCUT2D eigenvalue weighted by atomic mass is 10.0. The minimum Gasteiger partial charge on any atom is -0.493 e. The molecule has 1 aromatic rings. The van der Waals surface area contributed by atoms with Gasteiger partial charge >= 0.3 is 0 Å². The first kappa shape index (κ1) is 14.0. The molecule has 4 nitrogen and oxygen atoms in total. The highest BCUT2D eigenvalue weighted by Crippen LogP contribution is 2.45. The molecule has 21 heavy (non-hydrogen) atoms. The van der Waals surface area contributed by atoms with Crippen molar-refractivity contribution in [2.75, 3.05) is 14.2 Å². The van der Waals surface area contributed by atoms with Crippen LogP contribution in [0, 0.1) is 5.92 Å². The molecule has 0 spiro atoms. The topological polar surface area (TPSA) is 44.8 Å². The molecular weight excluding hydrogens is 268 g/mol. The zero-order valence-corrected chi connectivity index (χ0v) is 12.4. The summed E-state index contributed by atoms with van der Waals surface area (Å²) in [6, 6.07) is 1.68. The maximum atomic E-state index is 11.3. The van der Waals surface area contributed by atoms with E-state index in [-0.39, 0.29) is 6.10 Å². The third-order valence-corrected chi connectivity index (χ3v) is 4.13. The molecule has 112 valence electrons. The van der Waals surface area contributed by atoms with Crippen LogP contribution < -0.4 is 14.2 Å². The van der Waals surface area contributed by atoms with Crippen molar-refractivity contribution in [3.8, 4) is 17.2 Å². The standard InChI is InChI=1S/C17H20O4/c1-19-15-9-12(10-18)14-8-7-13(6-5-11-3-4-11)21-16(14)17(15)20-2/h7-11,13H,3-6H2,1-2H3. The van der Waals surface area contributed by atoms with E-state index in [2.05, 4.69) is 0 Å². The van der Waals surface area contributed by atoms with Gasteiger partial charge in [0.1, 0.15) is 6.10 Å². The van der Waals surface area contributed by atoms with Gasteiger partial charge in [-0.25, -0.2) is 0 Å². The molecule has 3 rings (SSSR count). The predicted octanol–water partition coefficient (Wildman–Crippen LogP) is 3.48. The Kier molecular flexibility index (Phi) is 3.86. The number of methoxy groups -OCH3 is 2. The summed E-state index contributed by atoms with van der Waals surface area (Å²) in [5, 5.41) is 0. The summed E-state index contributed by atoms with van der Waals surface area (Å²) in [7, 11) is 3.14. The highest BCUT2D eigenvalue weighted by Gasteiger charge is 2.27. The predicted molar refractivity (Wildman–Crippen MR) is 80.3 cm³/mol. The second-order valence-corrected chi connectivity index (χ2v) is 5.60. The quantitative estimate of drug-likeness (QED) is 0.752. The monoisotopic (exact) mass is 288 g/mol. The van der Waals surface area contributed by atoms with Crippen molar-refractivity contribution in [1.29, 1.82) is 0 Å². The van der Waals surface area contributed by atoms with E-state index in [1.807, 2.05) is 12.2 Å². The zero-order valence-electron chi connectivity index (χ0n) is 12.4. The zero-order chi connectivity index (χ0) is 14.8. The Morgan fingerprint density at radius 3 is 2.71 bits per heavy atom. The number of carbonyl (C=O) groups is 1. The van der Waals surface area contributed by atoms with Crippen LogP contribution >= 0.6 is 0 Å². The fourth-order valence-corrected chi connectivity index (χ4v) is 2.74. The second-order valence-electron chi connectivity index (χ2n) is 5.60. The second kappa shape index (κ2) is 5.80. The Balaban J connectivity index is 1.91. The number of rotatable bonds is 6. The number of ether oxygens (including phenoxy) is 3. The van der Waals surface area contributed by atoms with Crippen LogP contribution in [0.5, 0.6) is 17.2 Å². The molecular formula is C17H20O4. The number of hydrogen-bond donors (Lipinski definition) is 0. The molecule has 1 saturated carbocycles. The Morgan fingerprint density at radius 2 is 2.10 bits per heavy atom. The molecule has 1 heterocycles. The van der Waals surface area contributed by atoms with Crippen molar-refractivity contribution >= 4 is 12.4 Å². The lowest BCUT2D eigenvalue weighted by molar-refractivity contribution is 0.112. The number of hydrogen-bond acceptors (Lipinski definition) is 4. The van der Waals surface area contributed by atoms with Gasteiger partial charge < -0.3 is 14.2 Å². The minimum absolute atomic E-state index is 0.0404. The van der Waals surface area contributed by atoms with E-state index in [0.717, 1.165) is 24.2 Å². The van der Waals surface area contributed by atoms with Crippen LogP contribution in [0.2, 0.25) is 0 Å². The molecule has 2 aliphatic rings. The SMILES string of the molecule is COc1cc(C=O)c2c(c1OC)OC(CCC1CC1)C=C2. The molecule has 0 N–H and O–H groups in total. The summed E-state index contributed by atoms with van der Waals surface area (Å²) in [6.07, 6.45) is 9.73. The summed E-state index contributed by atoms with van der Waals surface area (Å²) in [6.45, 7) is 0. The van der Waals surface area contributed by atoms with Gasteiger partial charge in [-0.1, -0.05) is 18.9 Å². The van der Waals surface area contributed by atoms with Gasteiger partial charge in [0, 0.05) is 11.1 Å². The molecule has 1 aromatic carbocycles. The maximum absolute atomic E-state index is 11.3. The average molecular weight is 288 g/mol. The smallest absolute Gasteiger partial charge is 0.203 e. The van der Waals surface area contributed by atoms with Crippen molar-refractivity contribution in [3.05, 3.63) is 23.3 Å². The molecule has 1 fully saturated rings. The van der Waals surface area contributed by atoms with Gasteiger partial charge in [-0.2, -0.15) is 0 Å². The van der Waals surface area contributed by atoms with Crippen LogP contribution in [0.25, 0.3) is 6.08 Å². The molecule has 0 saturated heterocycles. The summed E-state index contributed by atoms with van der Waals surface area (Å²) >= 11 is 0. The minimum atomic E-state index is 0.0404. The average Bonchev–Trinajstić information content (AvgIpc) is 3.35. The normalized spacial score (nSPS) is 19.6. The third-order valence-electron chi connectivity index (χ3n) is 4.13. The van der Waals surface area contributed by atoms with E-state index < -0.39 is 0 Å². The van der Waals surface area contributed by atoms with Crippen LogP contribution in [-0.4, -0.2) is 26.6 Å². The van der Waals surface area contributed by atoms with Gasteiger partial charge in [0.25, 0.3) is 0 Å². The first-order valence-electron chi connectivity index (χ1n) is 7.35. The van der Waals surface area contributed by atoms with Gasteiger partial charge in [-0.3, -0.25) is 4.79 Å². The lowest BCUT2D eigenvalue weighted by Gasteiger charge is -2.25. The van der Waals surface area contributed by atoms with Crippen molar-refractivity contribution < 1.29 is 19.0 Å².